The highest BCUT2D eigenvalue weighted by atomic mass is 19.1. The molecule has 0 spiro atoms. The van der Waals surface area contributed by atoms with Crippen molar-refractivity contribution in [3.63, 3.8) is 0 Å². The first kappa shape index (κ1) is 8.51. The molecule has 1 aliphatic heterocycles. The van der Waals surface area contributed by atoms with E-state index in [4.69, 9.17) is 10.5 Å². The minimum Gasteiger partial charge on any atom is -0.490 e. The average molecular weight is 181 g/mol. The fraction of sp³-hybridized carbons (Fsp3) is 0.400. The van der Waals surface area contributed by atoms with Gasteiger partial charge in [-0.05, 0) is 12.5 Å². The summed E-state index contributed by atoms with van der Waals surface area (Å²) in [7, 11) is 0. The third kappa shape index (κ3) is 1.29. The van der Waals surface area contributed by atoms with Crippen molar-refractivity contribution in [2.24, 2.45) is 5.73 Å². The second kappa shape index (κ2) is 3.00. The molecule has 13 heavy (non-hydrogen) atoms. The van der Waals surface area contributed by atoms with E-state index < -0.39 is 0 Å². The summed E-state index contributed by atoms with van der Waals surface area (Å²) in [5, 5.41) is 0. The van der Waals surface area contributed by atoms with Gasteiger partial charge in [0.25, 0.3) is 0 Å². The lowest BCUT2D eigenvalue weighted by Gasteiger charge is -2.23. The molecule has 0 aliphatic carbocycles. The van der Waals surface area contributed by atoms with Gasteiger partial charge in [0.05, 0.1) is 6.61 Å². The van der Waals surface area contributed by atoms with Gasteiger partial charge in [0.15, 0.2) is 11.6 Å². The Labute approximate surface area is 76.5 Å². The molecule has 70 valence electrons. The summed E-state index contributed by atoms with van der Waals surface area (Å²) in [6.07, 6.45) is 0.759. The molecule has 1 aromatic carbocycles. The maximum atomic E-state index is 13.5. The molecule has 0 bridgehead atoms. The maximum Gasteiger partial charge on any atom is 0.168 e. The Morgan fingerprint density at radius 3 is 3.08 bits per heavy atom. The van der Waals surface area contributed by atoms with Gasteiger partial charge < -0.3 is 10.5 Å². The molecule has 2 nitrogen and oxygen atoms in total. The summed E-state index contributed by atoms with van der Waals surface area (Å²) in [6.45, 7) is 2.23. The first-order valence-corrected chi connectivity index (χ1v) is 4.37. The number of nitrogens with two attached hydrogens (primary N) is 1. The van der Waals surface area contributed by atoms with Crippen LogP contribution >= 0.6 is 0 Å². The van der Waals surface area contributed by atoms with Crippen LogP contribution < -0.4 is 10.5 Å². The highest BCUT2D eigenvalue weighted by Gasteiger charge is 2.21. The van der Waals surface area contributed by atoms with Crippen LogP contribution in [0.4, 0.5) is 4.39 Å². The zero-order valence-corrected chi connectivity index (χ0v) is 7.51. The molecule has 0 radical (unpaired) electrons. The standard InChI is InChI=1S/C10H12FNO/c1-6-2-3-7-8(12)4-5-13-10(7)9(6)11/h2-3,8H,4-5,12H2,1H3/t8-/m1/s1. The Balaban J connectivity index is 2.56. The van der Waals surface area contributed by atoms with E-state index >= 15 is 0 Å². The summed E-state index contributed by atoms with van der Waals surface area (Å²) in [6, 6.07) is 3.50. The fourth-order valence-electron chi connectivity index (χ4n) is 1.55. The van der Waals surface area contributed by atoms with Crippen molar-refractivity contribution in [2.45, 2.75) is 19.4 Å². The van der Waals surface area contributed by atoms with Crippen molar-refractivity contribution in [3.05, 3.63) is 29.1 Å². The lowest BCUT2D eigenvalue weighted by molar-refractivity contribution is 0.255. The molecule has 1 atom stereocenters. The Bertz CT molecular complexity index is 338. The second-order valence-corrected chi connectivity index (χ2v) is 3.36. The zero-order valence-electron chi connectivity index (χ0n) is 7.51. The molecule has 0 amide bonds. The predicted molar refractivity (Wildman–Crippen MR) is 48.2 cm³/mol. The van der Waals surface area contributed by atoms with Crippen LogP contribution in [-0.4, -0.2) is 6.61 Å². The maximum absolute atomic E-state index is 13.5. The number of ether oxygens (including phenoxy) is 1. The number of rotatable bonds is 0. The summed E-state index contributed by atoms with van der Waals surface area (Å²) < 4.78 is 18.7. The lowest BCUT2D eigenvalue weighted by atomic mass is 9.99. The highest BCUT2D eigenvalue weighted by Crippen LogP contribution is 2.33. The number of aryl methyl sites for hydroxylation is 1. The van der Waals surface area contributed by atoms with Gasteiger partial charge in [-0.1, -0.05) is 12.1 Å². The van der Waals surface area contributed by atoms with Crippen LogP contribution in [0, 0.1) is 12.7 Å². The van der Waals surface area contributed by atoms with E-state index in [0.29, 0.717) is 17.9 Å². The molecule has 0 fully saturated rings. The van der Waals surface area contributed by atoms with Crippen molar-refractivity contribution in [2.75, 3.05) is 6.61 Å². The van der Waals surface area contributed by atoms with E-state index in [1.54, 1.807) is 13.0 Å². The number of fused-ring (bicyclic) bond motifs is 1. The Hall–Kier alpha value is -1.09. The highest BCUT2D eigenvalue weighted by molar-refractivity contribution is 5.41. The van der Waals surface area contributed by atoms with Gasteiger partial charge >= 0.3 is 0 Å². The molecule has 1 heterocycles. The van der Waals surface area contributed by atoms with Gasteiger partial charge in [0.2, 0.25) is 0 Å². The Morgan fingerprint density at radius 1 is 1.54 bits per heavy atom. The normalized spacial score (nSPS) is 20.7. The van der Waals surface area contributed by atoms with Crippen molar-refractivity contribution >= 4 is 0 Å². The van der Waals surface area contributed by atoms with Crippen molar-refractivity contribution in [1.82, 2.24) is 0 Å². The molecule has 0 saturated heterocycles. The van der Waals surface area contributed by atoms with Gasteiger partial charge in [-0.2, -0.15) is 0 Å². The van der Waals surface area contributed by atoms with Crippen LogP contribution in [0.5, 0.6) is 5.75 Å². The van der Waals surface area contributed by atoms with E-state index in [0.717, 1.165) is 12.0 Å². The van der Waals surface area contributed by atoms with Crippen molar-refractivity contribution < 1.29 is 9.13 Å². The quantitative estimate of drug-likeness (QED) is 0.663. The van der Waals surface area contributed by atoms with Crippen LogP contribution in [-0.2, 0) is 0 Å². The van der Waals surface area contributed by atoms with Gasteiger partial charge in [0, 0.05) is 18.0 Å². The minimum atomic E-state index is -0.271. The molecular weight excluding hydrogens is 169 g/mol. The second-order valence-electron chi connectivity index (χ2n) is 3.36. The van der Waals surface area contributed by atoms with E-state index in [2.05, 4.69) is 0 Å². The monoisotopic (exact) mass is 181 g/mol. The predicted octanol–water partition coefficient (Wildman–Crippen LogP) is 1.92. The SMILES string of the molecule is Cc1ccc2c(c1F)OCC[C@H]2N. The van der Waals surface area contributed by atoms with Crippen LogP contribution in [0.25, 0.3) is 0 Å². The molecule has 0 unspecified atom stereocenters. The summed E-state index contributed by atoms with van der Waals surface area (Å²) in [5.74, 6) is 0.0754. The Kier molecular flexibility index (Phi) is 1.96. The number of hydrogen-bond acceptors (Lipinski definition) is 2. The number of hydrogen-bond donors (Lipinski definition) is 1. The lowest BCUT2D eigenvalue weighted by Crippen LogP contribution is -2.21. The fourth-order valence-corrected chi connectivity index (χ4v) is 1.55. The van der Waals surface area contributed by atoms with Crippen LogP contribution in [0.1, 0.15) is 23.6 Å². The minimum absolute atomic E-state index is 0.0844. The largest absolute Gasteiger partial charge is 0.490 e. The number of benzene rings is 1. The molecule has 1 aromatic rings. The molecule has 2 N–H and O–H groups in total. The third-order valence-corrected chi connectivity index (χ3v) is 2.40. The molecule has 0 saturated carbocycles. The van der Waals surface area contributed by atoms with Gasteiger partial charge in [-0.25, -0.2) is 4.39 Å². The van der Waals surface area contributed by atoms with E-state index in [-0.39, 0.29) is 11.9 Å². The van der Waals surface area contributed by atoms with Crippen LogP contribution in [0.15, 0.2) is 12.1 Å². The molecule has 0 aromatic heterocycles. The average Bonchev–Trinajstić information content (AvgIpc) is 2.12. The molecule has 1 aliphatic rings. The third-order valence-electron chi connectivity index (χ3n) is 2.40. The summed E-state index contributed by atoms with van der Waals surface area (Å²) >= 11 is 0. The first-order valence-electron chi connectivity index (χ1n) is 4.37. The summed E-state index contributed by atoms with van der Waals surface area (Å²) in [4.78, 5) is 0. The van der Waals surface area contributed by atoms with E-state index in [1.807, 2.05) is 6.07 Å². The number of halogens is 1. The van der Waals surface area contributed by atoms with Gasteiger partial charge in [-0.3, -0.25) is 0 Å². The van der Waals surface area contributed by atoms with Crippen molar-refractivity contribution in [3.8, 4) is 5.75 Å². The summed E-state index contributed by atoms with van der Waals surface area (Å²) in [5.41, 5.74) is 7.21. The zero-order chi connectivity index (χ0) is 9.42. The van der Waals surface area contributed by atoms with E-state index in [9.17, 15) is 4.39 Å². The first-order chi connectivity index (χ1) is 6.20. The smallest absolute Gasteiger partial charge is 0.168 e. The van der Waals surface area contributed by atoms with Crippen LogP contribution in [0.3, 0.4) is 0 Å². The van der Waals surface area contributed by atoms with Crippen molar-refractivity contribution in [1.29, 1.82) is 0 Å². The van der Waals surface area contributed by atoms with Gasteiger partial charge in [-0.15, -0.1) is 0 Å². The van der Waals surface area contributed by atoms with Crippen LogP contribution in [0.2, 0.25) is 0 Å². The molecule has 3 heteroatoms. The Morgan fingerprint density at radius 2 is 2.31 bits per heavy atom. The topological polar surface area (TPSA) is 35.2 Å². The molecule has 2 rings (SSSR count). The van der Waals surface area contributed by atoms with E-state index in [1.165, 1.54) is 0 Å². The van der Waals surface area contributed by atoms with Gasteiger partial charge in [0.1, 0.15) is 0 Å². The molecular formula is C10H12FNO.